The molecule has 0 amide bonds. The van der Waals surface area contributed by atoms with Crippen LogP contribution < -0.4 is 5.43 Å². The van der Waals surface area contributed by atoms with E-state index in [0.717, 1.165) is 5.56 Å². The summed E-state index contributed by atoms with van der Waals surface area (Å²) < 4.78 is 1.81. The molecule has 3 rings (SSSR count). The van der Waals surface area contributed by atoms with E-state index in [4.69, 9.17) is 34.8 Å². The van der Waals surface area contributed by atoms with Crippen LogP contribution in [0.15, 0.2) is 53.3 Å². The van der Waals surface area contributed by atoms with Gasteiger partial charge in [0.15, 0.2) is 5.43 Å². The van der Waals surface area contributed by atoms with Gasteiger partial charge < -0.3 is 9.67 Å². The summed E-state index contributed by atoms with van der Waals surface area (Å²) in [5, 5.41) is 10.9. The summed E-state index contributed by atoms with van der Waals surface area (Å²) in [7, 11) is 0. The van der Waals surface area contributed by atoms with Gasteiger partial charge in [-0.2, -0.15) is 0 Å². The molecular formula is C21H16Cl3NO3. The van der Waals surface area contributed by atoms with Crippen molar-refractivity contribution in [2.45, 2.75) is 19.9 Å². The van der Waals surface area contributed by atoms with E-state index in [1.165, 1.54) is 6.07 Å². The molecular weight excluding hydrogens is 421 g/mol. The third-order valence-corrected chi connectivity index (χ3v) is 5.37. The molecule has 1 heterocycles. The maximum atomic E-state index is 12.7. The number of rotatable bonds is 5. The van der Waals surface area contributed by atoms with Crippen molar-refractivity contribution in [2.75, 3.05) is 0 Å². The van der Waals surface area contributed by atoms with Crippen LogP contribution in [-0.2, 0) is 13.0 Å². The Bertz CT molecular complexity index is 1120. The quantitative estimate of drug-likeness (QED) is 0.551. The van der Waals surface area contributed by atoms with Crippen LogP contribution >= 0.6 is 34.8 Å². The molecule has 0 fully saturated rings. The van der Waals surface area contributed by atoms with Gasteiger partial charge >= 0.3 is 5.97 Å². The minimum absolute atomic E-state index is 0.283. The minimum atomic E-state index is -1.29. The Hall–Kier alpha value is -2.27. The predicted molar refractivity (Wildman–Crippen MR) is 113 cm³/mol. The van der Waals surface area contributed by atoms with E-state index in [9.17, 15) is 14.7 Å². The summed E-state index contributed by atoms with van der Waals surface area (Å²) in [4.78, 5) is 24.5. The van der Waals surface area contributed by atoms with Gasteiger partial charge in [-0.1, -0.05) is 53.0 Å². The van der Waals surface area contributed by atoms with Crippen LogP contribution in [0.1, 0.15) is 28.5 Å². The molecule has 0 aliphatic rings. The molecule has 2 aromatic carbocycles. The van der Waals surface area contributed by atoms with E-state index in [2.05, 4.69) is 0 Å². The van der Waals surface area contributed by atoms with Crippen molar-refractivity contribution >= 4 is 40.8 Å². The fourth-order valence-corrected chi connectivity index (χ4v) is 3.72. The number of benzene rings is 2. The van der Waals surface area contributed by atoms with E-state index < -0.39 is 11.4 Å². The number of hydrogen-bond acceptors (Lipinski definition) is 2. The Morgan fingerprint density at radius 3 is 2.39 bits per heavy atom. The number of nitrogens with zero attached hydrogens (tertiary/aromatic N) is 1. The Morgan fingerprint density at radius 1 is 1.04 bits per heavy atom. The average Bonchev–Trinajstić information content (AvgIpc) is 2.63. The van der Waals surface area contributed by atoms with E-state index in [0.29, 0.717) is 40.0 Å². The average molecular weight is 437 g/mol. The van der Waals surface area contributed by atoms with Crippen LogP contribution in [0, 0.1) is 0 Å². The summed E-state index contributed by atoms with van der Waals surface area (Å²) in [5.41, 5.74) is 1.56. The standard InChI is InChI=1S/C21H16Cl3NO3/c1-2-25-15(9-12-4-3-5-14(22)8-12)11-18(26)19(21(27)28)20(25)13-6-7-16(23)17(24)10-13/h3-8,10-11H,2,9H2,1H3,(H,27,28). The van der Waals surface area contributed by atoms with Gasteiger partial charge in [0, 0.05) is 35.3 Å². The monoisotopic (exact) mass is 435 g/mol. The highest BCUT2D eigenvalue weighted by atomic mass is 35.5. The molecule has 0 radical (unpaired) electrons. The number of carboxylic acids is 1. The van der Waals surface area contributed by atoms with Crippen molar-refractivity contribution in [3.63, 3.8) is 0 Å². The van der Waals surface area contributed by atoms with Crippen LogP contribution in [0.2, 0.25) is 15.1 Å². The third kappa shape index (κ3) is 4.09. The number of aromatic nitrogens is 1. The maximum absolute atomic E-state index is 12.7. The second kappa shape index (κ2) is 8.39. The second-order valence-corrected chi connectivity index (χ2v) is 7.46. The van der Waals surface area contributed by atoms with Crippen molar-refractivity contribution in [3.8, 4) is 11.3 Å². The number of carbonyl (C=O) groups is 1. The highest BCUT2D eigenvalue weighted by Crippen LogP contribution is 2.31. The summed E-state index contributed by atoms with van der Waals surface area (Å²) >= 11 is 18.2. The van der Waals surface area contributed by atoms with Gasteiger partial charge in [-0.3, -0.25) is 4.79 Å². The van der Waals surface area contributed by atoms with Gasteiger partial charge in [-0.15, -0.1) is 0 Å². The molecule has 0 saturated heterocycles. The van der Waals surface area contributed by atoms with E-state index >= 15 is 0 Å². The molecule has 0 atom stereocenters. The van der Waals surface area contributed by atoms with Crippen molar-refractivity contribution in [3.05, 3.63) is 90.6 Å². The Labute approximate surface area is 176 Å². The van der Waals surface area contributed by atoms with Gasteiger partial charge in [-0.05, 0) is 36.8 Å². The molecule has 0 aliphatic carbocycles. The molecule has 1 aromatic heterocycles. The Morgan fingerprint density at radius 2 is 1.79 bits per heavy atom. The fourth-order valence-electron chi connectivity index (χ4n) is 3.21. The zero-order chi connectivity index (χ0) is 20.4. The molecule has 144 valence electrons. The van der Waals surface area contributed by atoms with Crippen molar-refractivity contribution in [2.24, 2.45) is 0 Å². The molecule has 0 aliphatic heterocycles. The summed E-state index contributed by atoms with van der Waals surface area (Å²) in [5.74, 6) is -1.29. The third-order valence-electron chi connectivity index (χ3n) is 4.39. The first kappa shape index (κ1) is 20.5. The molecule has 4 nitrogen and oxygen atoms in total. The van der Waals surface area contributed by atoms with Crippen LogP contribution in [0.25, 0.3) is 11.3 Å². The molecule has 28 heavy (non-hydrogen) atoms. The summed E-state index contributed by atoms with van der Waals surface area (Å²) in [6.45, 7) is 2.35. The lowest BCUT2D eigenvalue weighted by Crippen LogP contribution is -2.23. The number of aromatic carboxylic acids is 1. The lowest BCUT2D eigenvalue weighted by molar-refractivity contribution is 0.0695. The number of halogens is 3. The van der Waals surface area contributed by atoms with Gasteiger partial charge in [0.25, 0.3) is 0 Å². The van der Waals surface area contributed by atoms with Crippen molar-refractivity contribution in [1.82, 2.24) is 4.57 Å². The first-order valence-electron chi connectivity index (χ1n) is 8.51. The van der Waals surface area contributed by atoms with Gasteiger partial charge in [-0.25, -0.2) is 4.79 Å². The molecule has 3 aromatic rings. The summed E-state index contributed by atoms with van der Waals surface area (Å²) in [6.07, 6.45) is 0.428. The molecule has 0 bridgehead atoms. The van der Waals surface area contributed by atoms with Crippen molar-refractivity contribution in [1.29, 1.82) is 0 Å². The van der Waals surface area contributed by atoms with E-state index in [1.807, 2.05) is 29.7 Å². The highest BCUT2D eigenvalue weighted by molar-refractivity contribution is 6.42. The number of hydrogen-bond donors (Lipinski definition) is 1. The number of pyridine rings is 1. The Balaban J connectivity index is 2.28. The molecule has 0 unspecified atom stereocenters. The molecule has 0 spiro atoms. The van der Waals surface area contributed by atoms with Crippen LogP contribution in [0.3, 0.4) is 0 Å². The van der Waals surface area contributed by atoms with E-state index in [-0.39, 0.29) is 10.6 Å². The van der Waals surface area contributed by atoms with Gasteiger partial charge in [0.05, 0.1) is 15.7 Å². The highest BCUT2D eigenvalue weighted by Gasteiger charge is 2.22. The maximum Gasteiger partial charge on any atom is 0.341 e. The van der Waals surface area contributed by atoms with Gasteiger partial charge in [0.2, 0.25) is 0 Å². The van der Waals surface area contributed by atoms with Crippen LogP contribution in [-0.4, -0.2) is 15.6 Å². The van der Waals surface area contributed by atoms with Crippen LogP contribution in [0.5, 0.6) is 0 Å². The predicted octanol–water partition coefficient (Wildman–Crippen LogP) is 5.78. The zero-order valence-corrected chi connectivity index (χ0v) is 17.1. The smallest absolute Gasteiger partial charge is 0.341 e. The van der Waals surface area contributed by atoms with E-state index in [1.54, 1.807) is 24.3 Å². The van der Waals surface area contributed by atoms with Crippen molar-refractivity contribution < 1.29 is 9.90 Å². The minimum Gasteiger partial charge on any atom is -0.477 e. The fraction of sp³-hybridized carbons (Fsp3) is 0.143. The van der Waals surface area contributed by atoms with Crippen LogP contribution in [0.4, 0.5) is 0 Å². The lowest BCUT2D eigenvalue weighted by atomic mass is 10.0. The normalized spacial score (nSPS) is 10.9. The molecule has 7 heteroatoms. The first-order valence-corrected chi connectivity index (χ1v) is 9.65. The zero-order valence-electron chi connectivity index (χ0n) is 14.9. The SMILES string of the molecule is CCn1c(Cc2cccc(Cl)c2)cc(=O)c(C(=O)O)c1-c1ccc(Cl)c(Cl)c1. The topological polar surface area (TPSA) is 59.3 Å². The van der Waals surface area contributed by atoms with Gasteiger partial charge in [0.1, 0.15) is 5.56 Å². The first-order chi connectivity index (χ1) is 13.3. The summed E-state index contributed by atoms with van der Waals surface area (Å²) in [6, 6.07) is 13.5. The Kier molecular flexibility index (Phi) is 6.14. The largest absolute Gasteiger partial charge is 0.477 e. The lowest BCUT2D eigenvalue weighted by Gasteiger charge is -2.20. The second-order valence-electron chi connectivity index (χ2n) is 6.21. The molecule has 1 N–H and O–H groups in total. The molecule has 0 saturated carbocycles. The number of carboxylic acid groups (broad SMARTS) is 1.